The number of ether oxygens (including phenoxy) is 8. The molecule has 8 heterocycles. The van der Waals surface area contributed by atoms with Gasteiger partial charge in [-0.3, -0.25) is 14.4 Å². The molecule has 60 heavy (non-hydrogen) atoms. The van der Waals surface area contributed by atoms with Gasteiger partial charge < -0.3 is 64.9 Å². The van der Waals surface area contributed by atoms with Gasteiger partial charge in [0.15, 0.2) is 5.79 Å². The first-order chi connectivity index (χ1) is 28.7. The second-order valence-electron chi connectivity index (χ2n) is 19.0. The minimum Gasteiger partial charge on any atom is -0.391 e. The first-order valence-corrected chi connectivity index (χ1v) is 22.4. The fourth-order valence-electron chi connectivity index (χ4n) is 11.5. The Morgan fingerprint density at radius 1 is 0.883 bits per heavy atom. The number of amides is 2. The Morgan fingerprint density at radius 2 is 1.65 bits per heavy atom. The number of rotatable bonds is 8. The van der Waals surface area contributed by atoms with Gasteiger partial charge in [-0.05, 0) is 62.0 Å². The maximum Gasteiger partial charge on any atom is 0.237 e. The fourth-order valence-corrected chi connectivity index (χ4v) is 11.5. The number of nitrogens with one attached hydrogen (secondary N) is 1. The number of carbonyl (C=O) groups excluding carboxylic acids is 3. The number of fused-ring (bicyclic) bond motifs is 9. The zero-order valence-corrected chi connectivity index (χ0v) is 35.2. The fraction of sp³-hybridized carbons (Fsp3) is 0.841. The summed E-state index contributed by atoms with van der Waals surface area (Å²) in [6.07, 6.45) is 1.26. The van der Waals surface area contributed by atoms with Crippen molar-refractivity contribution < 1.29 is 62.5 Å². The lowest BCUT2D eigenvalue weighted by atomic mass is 9.81. The third kappa shape index (κ3) is 9.59. The van der Waals surface area contributed by atoms with Gasteiger partial charge in [0.2, 0.25) is 11.8 Å². The lowest BCUT2D eigenvalue weighted by Gasteiger charge is -2.47. The lowest BCUT2D eigenvalue weighted by molar-refractivity contribution is -0.277. The Balaban J connectivity index is 1.02. The molecule has 8 aliphatic heterocycles. The number of methoxy groups -OCH3 is 1. The average Bonchev–Trinajstić information content (AvgIpc) is 3.80. The van der Waals surface area contributed by atoms with Crippen molar-refractivity contribution in [2.75, 3.05) is 13.7 Å². The van der Waals surface area contributed by atoms with Crippen molar-refractivity contribution in [1.29, 1.82) is 0 Å². The standard InChI is InChI=1S/C44H67N3O13/c1-21-11-26-5-7-32-22(2)12-28(54-32)9-10-44-19-31(50)41(60-44)37-18-38(59-44)42-33(57-37)8-6-27(56-42)13-24(48)14-29-35(17-34(55-26)23(21)3)58-36(40(29)53-4)15-25(49)20-47-43(52)30(45)16-39(46)51/h21,25-38,40-42,49-50H,2-3,5-20,45H2,1,4H3,(H2,46,51)(H,47,52)/t21-,25+,26+,27-,28+,29?,30+,31-,32+,33+,34-,35+,36-,37-,38-,40-,41+,42?,44-/m1/s1. The first kappa shape index (κ1) is 44.3. The number of Topliss-reactive ketones (excluding diaryl/α,β-unsaturated/α-hetero) is 1. The highest BCUT2D eigenvalue weighted by Crippen LogP contribution is 2.49. The maximum absolute atomic E-state index is 14.2. The summed E-state index contributed by atoms with van der Waals surface area (Å²) in [5.41, 5.74) is 13.0. The topological polar surface area (TPSA) is 230 Å². The van der Waals surface area contributed by atoms with E-state index >= 15 is 0 Å². The van der Waals surface area contributed by atoms with Crippen LogP contribution in [0.1, 0.15) is 103 Å². The molecule has 2 unspecified atom stereocenters. The minimum atomic E-state index is -1.13. The lowest BCUT2D eigenvalue weighted by Crippen LogP contribution is -2.58. The number of carbonyl (C=O) groups is 3. The van der Waals surface area contributed by atoms with Gasteiger partial charge in [0.25, 0.3) is 0 Å². The molecule has 1 spiro atoms. The van der Waals surface area contributed by atoms with Crippen LogP contribution < -0.4 is 16.8 Å². The Labute approximate surface area is 352 Å². The third-order valence-corrected chi connectivity index (χ3v) is 14.6. The molecular weight excluding hydrogens is 778 g/mol. The first-order valence-electron chi connectivity index (χ1n) is 22.4. The van der Waals surface area contributed by atoms with E-state index in [4.69, 9.17) is 49.4 Å². The molecule has 2 amide bonds. The summed E-state index contributed by atoms with van der Waals surface area (Å²) in [5, 5.41) is 24.9. The highest BCUT2D eigenvalue weighted by molar-refractivity contribution is 5.87. The quantitative estimate of drug-likeness (QED) is 0.220. The molecule has 16 heteroatoms. The van der Waals surface area contributed by atoms with Gasteiger partial charge in [-0.2, -0.15) is 0 Å². The number of nitrogens with two attached hydrogens (primary N) is 2. The van der Waals surface area contributed by atoms with Crippen LogP contribution in [0.3, 0.4) is 0 Å². The minimum absolute atomic E-state index is 0.0156. The number of aliphatic hydroxyl groups is 2. The van der Waals surface area contributed by atoms with E-state index in [0.29, 0.717) is 44.9 Å². The molecule has 8 aliphatic rings. The smallest absolute Gasteiger partial charge is 0.237 e. The van der Waals surface area contributed by atoms with Gasteiger partial charge in [0.1, 0.15) is 18.0 Å². The Morgan fingerprint density at radius 3 is 2.43 bits per heavy atom. The maximum atomic E-state index is 14.2. The van der Waals surface area contributed by atoms with Crippen LogP contribution in [0.4, 0.5) is 0 Å². The molecule has 0 aliphatic carbocycles. The van der Waals surface area contributed by atoms with Crippen molar-refractivity contribution in [3.05, 3.63) is 24.3 Å². The summed E-state index contributed by atoms with van der Waals surface area (Å²) in [5.74, 6) is -2.44. The molecule has 0 aromatic carbocycles. The summed E-state index contributed by atoms with van der Waals surface area (Å²) in [6, 6.07) is -1.13. The Bertz CT molecular complexity index is 1620. The largest absolute Gasteiger partial charge is 0.391 e. The Kier molecular flexibility index (Phi) is 13.6. The van der Waals surface area contributed by atoms with Gasteiger partial charge >= 0.3 is 0 Å². The highest BCUT2D eigenvalue weighted by atomic mass is 16.7. The highest BCUT2D eigenvalue weighted by Gasteiger charge is 2.59. The van der Waals surface area contributed by atoms with Gasteiger partial charge in [-0.25, -0.2) is 0 Å². The van der Waals surface area contributed by atoms with E-state index in [1.165, 1.54) is 0 Å². The van der Waals surface area contributed by atoms with E-state index in [9.17, 15) is 24.6 Å². The number of primary amides is 1. The molecule has 0 aromatic rings. The second-order valence-corrected chi connectivity index (χ2v) is 19.0. The van der Waals surface area contributed by atoms with E-state index in [2.05, 4.69) is 25.4 Å². The zero-order valence-electron chi connectivity index (χ0n) is 35.2. The zero-order chi connectivity index (χ0) is 42.5. The van der Waals surface area contributed by atoms with Crippen molar-refractivity contribution in [2.24, 2.45) is 23.3 Å². The number of ketones is 1. The number of aliphatic hydroxyl groups excluding tert-OH is 2. The molecule has 8 rings (SSSR count). The van der Waals surface area contributed by atoms with E-state index < -0.39 is 60.3 Å². The van der Waals surface area contributed by atoms with E-state index in [1.807, 2.05) is 0 Å². The third-order valence-electron chi connectivity index (χ3n) is 14.6. The second kappa shape index (κ2) is 18.4. The van der Waals surface area contributed by atoms with Crippen LogP contribution in [0.15, 0.2) is 24.3 Å². The molecule has 10 bridgehead atoms. The molecule has 0 aromatic heterocycles. The molecule has 0 saturated carbocycles. The molecule has 16 nitrogen and oxygen atoms in total. The summed E-state index contributed by atoms with van der Waals surface area (Å²) in [7, 11) is 1.58. The summed E-state index contributed by atoms with van der Waals surface area (Å²) >= 11 is 0. The van der Waals surface area contributed by atoms with E-state index in [-0.39, 0.29) is 105 Å². The van der Waals surface area contributed by atoms with Crippen LogP contribution in [0.25, 0.3) is 0 Å². The summed E-state index contributed by atoms with van der Waals surface area (Å²) in [4.78, 5) is 37.9. The van der Waals surface area contributed by atoms with Crippen molar-refractivity contribution in [3.63, 3.8) is 0 Å². The van der Waals surface area contributed by atoms with Crippen molar-refractivity contribution in [1.82, 2.24) is 5.32 Å². The number of hydrogen-bond donors (Lipinski definition) is 5. The molecule has 7 N–H and O–H groups in total. The van der Waals surface area contributed by atoms with E-state index in [0.717, 1.165) is 36.8 Å². The van der Waals surface area contributed by atoms with Crippen molar-refractivity contribution in [3.8, 4) is 0 Å². The monoisotopic (exact) mass is 845 g/mol. The van der Waals surface area contributed by atoms with Gasteiger partial charge in [-0.1, -0.05) is 20.1 Å². The van der Waals surface area contributed by atoms with Gasteiger partial charge in [0.05, 0.1) is 91.8 Å². The molecular formula is C44H67N3O13. The SMILES string of the molecule is C=C1C[C@@H]2CC[C@]34C[C@@H](O)[C@H](O3)[C@H]3C[C@@H](O4)C4O[C@H](CC[C@@H]4O3)CC(=O)CC3[C@H](C[C@H]4O[C@@H](CC[C@@H]1O2)C[C@@H](C)C4=C)O[C@H](C[C@H](O)CNC(=O)[C@@H](N)CC(N)=O)[C@@H]3OC. The van der Waals surface area contributed by atoms with Crippen LogP contribution >= 0.6 is 0 Å². The van der Waals surface area contributed by atoms with Gasteiger partial charge in [0, 0.05) is 64.5 Å². The summed E-state index contributed by atoms with van der Waals surface area (Å²) in [6.45, 7) is 10.9. The summed E-state index contributed by atoms with van der Waals surface area (Å²) < 4.78 is 53.0. The van der Waals surface area contributed by atoms with Crippen LogP contribution in [0.2, 0.25) is 0 Å². The molecule has 8 saturated heterocycles. The van der Waals surface area contributed by atoms with Crippen molar-refractivity contribution >= 4 is 17.6 Å². The average molecular weight is 846 g/mol. The predicted octanol–water partition coefficient (Wildman–Crippen LogP) is 1.78. The van der Waals surface area contributed by atoms with Crippen molar-refractivity contribution in [2.45, 2.75) is 207 Å². The van der Waals surface area contributed by atoms with Gasteiger partial charge in [-0.15, -0.1) is 0 Å². The van der Waals surface area contributed by atoms with Crippen LogP contribution in [0, 0.1) is 11.8 Å². The molecule has 0 radical (unpaired) electrons. The normalized spacial score (nSPS) is 45.6. The predicted molar refractivity (Wildman–Crippen MR) is 214 cm³/mol. The number of hydrogen-bond acceptors (Lipinski definition) is 14. The molecule has 19 atom stereocenters. The molecule has 336 valence electrons. The Hall–Kier alpha value is -2.35. The van der Waals surface area contributed by atoms with E-state index in [1.54, 1.807) is 7.11 Å². The molecule has 8 fully saturated rings. The van der Waals surface area contributed by atoms with Crippen LogP contribution in [-0.2, 0) is 52.3 Å². The van der Waals surface area contributed by atoms with Crippen LogP contribution in [-0.4, -0.2) is 145 Å². The van der Waals surface area contributed by atoms with Crippen LogP contribution in [0.5, 0.6) is 0 Å².